The van der Waals surface area contributed by atoms with Gasteiger partial charge in [0.15, 0.2) is 0 Å². The Hall–Kier alpha value is -1.63. The van der Waals surface area contributed by atoms with E-state index in [1.807, 2.05) is 0 Å². The molecule has 1 aliphatic rings. The van der Waals surface area contributed by atoms with Crippen molar-refractivity contribution in [1.29, 1.82) is 0 Å². The quantitative estimate of drug-likeness (QED) is 0.641. The van der Waals surface area contributed by atoms with Crippen LogP contribution in [0.2, 0.25) is 0 Å². The van der Waals surface area contributed by atoms with Gasteiger partial charge in [0, 0.05) is 46.1 Å². The number of amides is 2. The van der Waals surface area contributed by atoms with Crippen LogP contribution < -0.4 is 5.32 Å². The van der Waals surface area contributed by atoms with Crippen LogP contribution in [0.15, 0.2) is 0 Å². The van der Waals surface area contributed by atoms with E-state index in [4.69, 9.17) is 5.11 Å². The van der Waals surface area contributed by atoms with Crippen molar-refractivity contribution in [3.63, 3.8) is 0 Å². The van der Waals surface area contributed by atoms with Gasteiger partial charge in [-0.2, -0.15) is 0 Å². The van der Waals surface area contributed by atoms with Crippen LogP contribution in [0.3, 0.4) is 0 Å². The van der Waals surface area contributed by atoms with Gasteiger partial charge in [0.05, 0.1) is 6.54 Å². The van der Waals surface area contributed by atoms with E-state index in [1.165, 1.54) is 6.92 Å². The second kappa shape index (κ2) is 6.95. The lowest BCUT2D eigenvalue weighted by molar-refractivity contribution is -0.139. The molecule has 0 aromatic rings. The number of hydrogen-bond donors (Lipinski definition) is 2. The van der Waals surface area contributed by atoms with Crippen LogP contribution in [-0.2, 0) is 14.4 Å². The zero-order valence-corrected chi connectivity index (χ0v) is 10.5. The Morgan fingerprint density at radius 3 is 2.28 bits per heavy atom. The number of carboxylic acids is 1. The van der Waals surface area contributed by atoms with Gasteiger partial charge in [-0.3, -0.25) is 19.3 Å². The highest BCUT2D eigenvalue weighted by Gasteiger charge is 2.21. The summed E-state index contributed by atoms with van der Waals surface area (Å²) in [6.07, 6.45) is 0.290. The van der Waals surface area contributed by atoms with E-state index < -0.39 is 5.97 Å². The average molecular weight is 257 g/mol. The lowest BCUT2D eigenvalue weighted by atomic mass is 10.2. The Morgan fingerprint density at radius 2 is 1.78 bits per heavy atom. The van der Waals surface area contributed by atoms with Crippen molar-refractivity contribution in [1.82, 2.24) is 15.1 Å². The largest absolute Gasteiger partial charge is 0.480 e. The summed E-state index contributed by atoms with van der Waals surface area (Å²) in [5, 5.41) is 11.2. The van der Waals surface area contributed by atoms with E-state index in [0.717, 1.165) is 0 Å². The third-order valence-electron chi connectivity index (χ3n) is 2.80. The minimum absolute atomic E-state index is 0.00118. The predicted molar refractivity (Wildman–Crippen MR) is 64.0 cm³/mol. The van der Waals surface area contributed by atoms with E-state index in [9.17, 15) is 14.4 Å². The summed E-state index contributed by atoms with van der Waals surface area (Å²) in [4.78, 5) is 36.4. The van der Waals surface area contributed by atoms with Crippen LogP contribution in [0, 0.1) is 0 Å². The SMILES string of the molecule is CC(=O)NCCC(=O)N1CCN(CC(=O)O)CC1. The van der Waals surface area contributed by atoms with E-state index in [-0.39, 0.29) is 18.4 Å². The molecule has 18 heavy (non-hydrogen) atoms. The van der Waals surface area contributed by atoms with Crippen LogP contribution in [0.1, 0.15) is 13.3 Å². The topological polar surface area (TPSA) is 90.0 Å². The summed E-state index contributed by atoms with van der Waals surface area (Å²) in [5.41, 5.74) is 0. The fourth-order valence-corrected chi connectivity index (χ4v) is 1.85. The Bertz CT molecular complexity index is 324. The Kier molecular flexibility index (Phi) is 5.57. The van der Waals surface area contributed by atoms with Gasteiger partial charge in [-0.25, -0.2) is 0 Å². The van der Waals surface area contributed by atoms with Crippen molar-refractivity contribution in [2.75, 3.05) is 39.3 Å². The maximum Gasteiger partial charge on any atom is 0.317 e. The minimum Gasteiger partial charge on any atom is -0.480 e. The number of carbonyl (C=O) groups is 3. The van der Waals surface area contributed by atoms with Gasteiger partial charge in [-0.15, -0.1) is 0 Å². The van der Waals surface area contributed by atoms with Gasteiger partial charge in [0.1, 0.15) is 0 Å². The number of rotatable bonds is 5. The van der Waals surface area contributed by atoms with Crippen LogP contribution in [0.25, 0.3) is 0 Å². The molecule has 0 aromatic heterocycles. The Morgan fingerprint density at radius 1 is 1.17 bits per heavy atom. The van der Waals surface area contributed by atoms with Gasteiger partial charge in [-0.05, 0) is 0 Å². The molecule has 0 aromatic carbocycles. The first kappa shape index (κ1) is 14.4. The van der Waals surface area contributed by atoms with Crippen molar-refractivity contribution in [3.8, 4) is 0 Å². The number of nitrogens with one attached hydrogen (secondary N) is 1. The monoisotopic (exact) mass is 257 g/mol. The van der Waals surface area contributed by atoms with Gasteiger partial charge in [0.25, 0.3) is 0 Å². The molecule has 2 amide bonds. The van der Waals surface area contributed by atoms with Crippen molar-refractivity contribution in [2.24, 2.45) is 0 Å². The maximum absolute atomic E-state index is 11.7. The zero-order valence-electron chi connectivity index (χ0n) is 10.5. The van der Waals surface area contributed by atoms with Gasteiger partial charge < -0.3 is 15.3 Å². The average Bonchev–Trinajstić information content (AvgIpc) is 2.28. The van der Waals surface area contributed by atoms with E-state index >= 15 is 0 Å². The van der Waals surface area contributed by atoms with Gasteiger partial charge in [0.2, 0.25) is 11.8 Å². The number of carbonyl (C=O) groups excluding carboxylic acids is 2. The molecular formula is C11H19N3O4. The van der Waals surface area contributed by atoms with Crippen LogP contribution in [-0.4, -0.2) is 72.0 Å². The van der Waals surface area contributed by atoms with E-state index in [0.29, 0.717) is 39.1 Å². The molecule has 7 heteroatoms. The second-order valence-electron chi connectivity index (χ2n) is 4.28. The first-order valence-electron chi connectivity index (χ1n) is 5.95. The van der Waals surface area contributed by atoms with E-state index in [2.05, 4.69) is 5.32 Å². The molecule has 0 unspecified atom stereocenters. The molecule has 2 N–H and O–H groups in total. The molecule has 1 aliphatic heterocycles. The predicted octanol–water partition coefficient (Wildman–Crippen LogP) is -1.26. The molecule has 0 aliphatic carbocycles. The third-order valence-corrected chi connectivity index (χ3v) is 2.80. The lowest BCUT2D eigenvalue weighted by Crippen LogP contribution is -2.50. The Labute approximate surface area is 106 Å². The van der Waals surface area contributed by atoms with Crippen molar-refractivity contribution >= 4 is 17.8 Å². The standard InChI is InChI=1S/C11H19N3O4/c1-9(15)12-3-2-10(16)14-6-4-13(5-7-14)8-11(17)18/h2-8H2,1H3,(H,12,15)(H,17,18). The smallest absolute Gasteiger partial charge is 0.317 e. The molecule has 102 valence electrons. The zero-order chi connectivity index (χ0) is 13.5. The highest BCUT2D eigenvalue weighted by molar-refractivity contribution is 5.78. The molecule has 0 spiro atoms. The van der Waals surface area contributed by atoms with Crippen molar-refractivity contribution < 1.29 is 19.5 Å². The summed E-state index contributed by atoms with van der Waals surface area (Å²) in [7, 11) is 0. The van der Waals surface area contributed by atoms with Gasteiger partial charge in [-0.1, -0.05) is 0 Å². The molecule has 7 nitrogen and oxygen atoms in total. The minimum atomic E-state index is -0.847. The number of piperazine rings is 1. The molecule has 0 bridgehead atoms. The molecule has 0 radical (unpaired) electrons. The normalized spacial score (nSPS) is 16.4. The third kappa shape index (κ3) is 5.13. The summed E-state index contributed by atoms with van der Waals surface area (Å²) in [5.74, 6) is -0.992. The van der Waals surface area contributed by atoms with Crippen LogP contribution in [0.4, 0.5) is 0 Å². The maximum atomic E-state index is 11.7. The molecule has 1 saturated heterocycles. The molecule has 0 atom stereocenters. The van der Waals surface area contributed by atoms with Crippen molar-refractivity contribution in [2.45, 2.75) is 13.3 Å². The summed E-state index contributed by atoms with van der Waals surface area (Å²) in [6, 6.07) is 0. The fraction of sp³-hybridized carbons (Fsp3) is 0.727. The molecule has 1 rings (SSSR count). The summed E-state index contributed by atoms with van der Waals surface area (Å²) in [6.45, 7) is 4.04. The fourth-order valence-electron chi connectivity index (χ4n) is 1.85. The van der Waals surface area contributed by atoms with Crippen LogP contribution >= 0.6 is 0 Å². The first-order chi connectivity index (χ1) is 8.49. The Balaban J connectivity index is 2.23. The molecule has 0 saturated carbocycles. The molecule has 1 heterocycles. The van der Waals surface area contributed by atoms with Crippen LogP contribution in [0.5, 0.6) is 0 Å². The lowest BCUT2D eigenvalue weighted by Gasteiger charge is -2.33. The summed E-state index contributed by atoms with van der Waals surface area (Å²) >= 11 is 0. The first-order valence-corrected chi connectivity index (χ1v) is 5.95. The number of hydrogen-bond acceptors (Lipinski definition) is 4. The highest BCUT2D eigenvalue weighted by atomic mass is 16.4. The van der Waals surface area contributed by atoms with E-state index in [1.54, 1.807) is 9.80 Å². The van der Waals surface area contributed by atoms with Gasteiger partial charge >= 0.3 is 5.97 Å². The summed E-state index contributed by atoms with van der Waals surface area (Å²) < 4.78 is 0. The molecule has 1 fully saturated rings. The highest BCUT2D eigenvalue weighted by Crippen LogP contribution is 2.03. The number of aliphatic carboxylic acids is 1. The number of nitrogens with zero attached hydrogens (tertiary/aromatic N) is 2. The number of carboxylic acid groups (broad SMARTS) is 1. The van der Waals surface area contributed by atoms with Crippen molar-refractivity contribution in [3.05, 3.63) is 0 Å². The molecular weight excluding hydrogens is 238 g/mol. The second-order valence-corrected chi connectivity index (χ2v) is 4.28.